The zero-order valence-electron chi connectivity index (χ0n) is 19.2. The van der Waals surface area contributed by atoms with Crippen LogP contribution in [-0.4, -0.2) is 60.3 Å². The number of nitrogens with one attached hydrogen (secondary N) is 4. The first-order valence-electron chi connectivity index (χ1n) is 11.4. The van der Waals surface area contributed by atoms with Gasteiger partial charge in [0.2, 0.25) is 5.91 Å². The number of aromatic amines is 1. The van der Waals surface area contributed by atoms with Crippen molar-refractivity contribution in [2.75, 3.05) is 35.8 Å². The highest BCUT2D eigenvalue weighted by Gasteiger charge is 2.29. The summed E-state index contributed by atoms with van der Waals surface area (Å²) in [7, 11) is -3.04. The first-order valence-corrected chi connectivity index (χ1v) is 13.5. The zero-order valence-corrected chi connectivity index (χ0v) is 20.0. The Hall–Kier alpha value is -3.67. The number of hydrogen-bond donors (Lipinski definition) is 4. The predicted octanol–water partition coefficient (Wildman–Crippen LogP) is 1.69. The maximum atomic E-state index is 12.8. The van der Waals surface area contributed by atoms with E-state index in [9.17, 15) is 18.0 Å². The third kappa shape index (κ3) is 5.06. The smallest absolute Gasteiger partial charge is 0.262 e. The molecule has 3 aromatic rings. The normalized spacial score (nSPS) is 17.2. The Bertz CT molecular complexity index is 1420. The van der Waals surface area contributed by atoms with Crippen molar-refractivity contribution in [2.24, 2.45) is 5.92 Å². The van der Waals surface area contributed by atoms with Crippen LogP contribution >= 0.6 is 0 Å². The standard InChI is InChI=1S/C23H26N6O5S/c1-35(32,33)8-2-7-24-23(31)13-3-5-16-15(9-13)20-21(25-12-26-22(20)29-16)27-14-4-6-17-18(10-14)34-11-19(30)28-17/h4,6,10,12-13H,2-3,5,7-9,11H2,1H3,(H,24,31)(H,28,30)(H2,25,26,27,29)/t13-/m0/s1. The SMILES string of the molecule is CS(=O)(=O)CCCNC(=O)[C@H]1CCc2[nH]c3ncnc(Nc4ccc5c(c4)OCC(=O)N5)c3c2C1. The molecule has 1 atom stereocenters. The van der Waals surface area contributed by atoms with Gasteiger partial charge >= 0.3 is 0 Å². The van der Waals surface area contributed by atoms with Crippen molar-refractivity contribution < 1.29 is 22.7 Å². The van der Waals surface area contributed by atoms with Gasteiger partial charge in [-0.15, -0.1) is 0 Å². The number of hydrogen-bond acceptors (Lipinski definition) is 8. The van der Waals surface area contributed by atoms with Crippen LogP contribution in [0.1, 0.15) is 24.1 Å². The van der Waals surface area contributed by atoms with E-state index in [1.807, 2.05) is 6.07 Å². The van der Waals surface area contributed by atoms with E-state index in [4.69, 9.17) is 4.74 Å². The molecule has 1 aromatic carbocycles. The summed E-state index contributed by atoms with van der Waals surface area (Å²) >= 11 is 0. The Balaban J connectivity index is 1.34. The van der Waals surface area contributed by atoms with E-state index in [1.54, 1.807) is 12.1 Å². The van der Waals surface area contributed by atoms with Crippen LogP contribution in [-0.2, 0) is 32.3 Å². The molecule has 0 bridgehead atoms. The minimum Gasteiger partial charge on any atom is -0.482 e. The van der Waals surface area contributed by atoms with Crippen LogP contribution in [0.2, 0.25) is 0 Å². The number of sulfone groups is 1. The number of benzene rings is 1. The maximum absolute atomic E-state index is 12.8. The molecule has 2 aliphatic rings. The number of H-pyrrole nitrogens is 1. The minimum absolute atomic E-state index is 0.0305. The maximum Gasteiger partial charge on any atom is 0.262 e. The van der Waals surface area contributed by atoms with E-state index in [1.165, 1.54) is 12.6 Å². The van der Waals surface area contributed by atoms with Gasteiger partial charge in [0.25, 0.3) is 5.91 Å². The molecule has 0 unspecified atom stereocenters. The van der Waals surface area contributed by atoms with Crippen LogP contribution in [0.5, 0.6) is 5.75 Å². The molecule has 0 saturated heterocycles. The van der Waals surface area contributed by atoms with Gasteiger partial charge in [-0.05, 0) is 43.4 Å². The highest BCUT2D eigenvalue weighted by atomic mass is 32.2. The lowest BCUT2D eigenvalue weighted by Crippen LogP contribution is -2.35. The quantitative estimate of drug-likeness (QED) is 0.359. The number of ether oxygens (including phenoxy) is 1. The van der Waals surface area contributed by atoms with Crippen LogP contribution in [0.25, 0.3) is 11.0 Å². The topological polar surface area (TPSA) is 155 Å². The van der Waals surface area contributed by atoms with Gasteiger partial charge in [-0.2, -0.15) is 0 Å². The van der Waals surface area contributed by atoms with Gasteiger partial charge in [0.05, 0.1) is 16.8 Å². The summed E-state index contributed by atoms with van der Waals surface area (Å²) < 4.78 is 28.1. The van der Waals surface area contributed by atoms with Gasteiger partial charge in [0.15, 0.2) is 6.61 Å². The van der Waals surface area contributed by atoms with Crippen molar-refractivity contribution in [1.29, 1.82) is 0 Å². The van der Waals surface area contributed by atoms with Gasteiger partial charge in [-0.3, -0.25) is 9.59 Å². The molecular formula is C23H26N6O5S. The van der Waals surface area contributed by atoms with E-state index in [0.29, 0.717) is 55.1 Å². The molecule has 12 heteroatoms. The van der Waals surface area contributed by atoms with Crippen molar-refractivity contribution in [3.8, 4) is 5.75 Å². The average Bonchev–Trinajstić information content (AvgIpc) is 3.20. The Kier molecular flexibility index (Phi) is 6.05. The van der Waals surface area contributed by atoms with Crippen molar-refractivity contribution in [1.82, 2.24) is 20.3 Å². The average molecular weight is 499 g/mol. The van der Waals surface area contributed by atoms with Gasteiger partial charge in [-0.1, -0.05) is 0 Å². The summed E-state index contributed by atoms with van der Waals surface area (Å²) in [6.07, 6.45) is 5.01. The molecule has 1 aliphatic heterocycles. The number of carbonyl (C=O) groups is 2. The van der Waals surface area contributed by atoms with Gasteiger partial charge in [-0.25, -0.2) is 18.4 Å². The first kappa shape index (κ1) is 23.1. The molecule has 5 rings (SSSR count). The van der Waals surface area contributed by atoms with E-state index in [2.05, 4.69) is 30.9 Å². The van der Waals surface area contributed by atoms with Crippen LogP contribution in [0.4, 0.5) is 17.2 Å². The number of fused-ring (bicyclic) bond motifs is 4. The number of amides is 2. The Morgan fingerprint density at radius 3 is 2.97 bits per heavy atom. The molecule has 35 heavy (non-hydrogen) atoms. The zero-order chi connectivity index (χ0) is 24.6. The van der Waals surface area contributed by atoms with Gasteiger partial charge < -0.3 is 25.7 Å². The van der Waals surface area contributed by atoms with Crippen LogP contribution in [0.15, 0.2) is 24.5 Å². The lowest BCUT2D eigenvalue weighted by Gasteiger charge is -2.22. The molecule has 2 aromatic heterocycles. The third-order valence-corrected chi connectivity index (χ3v) is 7.25. The highest BCUT2D eigenvalue weighted by Crippen LogP contribution is 2.36. The molecule has 0 radical (unpaired) electrons. The Morgan fingerprint density at radius 2 is 2.14 bits per heavy atom. The summed E-state index contributed by atoms with van der Waals surface area (Å²) in [4.78, 5) is 36.5. The van der Waals surface area contributed by atoms with Crippen LogP contribution in [0, 0.1) is 5.92 Å². The monoisotopic (exact) mass is 498 g/mol. The molecule has 1 aliphatic carbocycles. The number of rotatable bonds is 7. The van der Waals surface area contributed by atoms with Crippen molar-refractivity contribution in [3.63, 3.8) is 0 Å². The third-order valence-electron chi connectivity index (χ3n) is 6.22. The van der Waals surface area contributed by atoms with Crippen molar-refractivity contribution in [2.45, 2.75) is 25.7 Å². The van der Waals surface area contributed by atoms with Gasteiger partial charge in [0, 0.05) is 36.2 Å². The largest absolute Gasteiger partial charge is 0.482 e. The van der Waals surface area contributed by atoms with E-state index < -0.39 is 9.84 Å². The van der Waals surface area contributed by atoms with E-state index in [-0.39, 0.29) is 30.1 Å². The fourth-order valence-electron chi connectivity index (χ4n) is 4.54. The number of anilines is 3. The second kappa shape index (κ2) is 9.17. The lowest BCUT2D eigenvalue weighted by molar-refractivity contribution is -0.125. The van der Waals surface area contributed by atoms with Crippen LogP contribution < -0.4 is 20.7 Å². The Labute approximate surface area is 202 Å². The fraction of sp³-hybridized carbons (Fsp3) is 0.391. The summed E-state index contributed by atoms with van der Waals surface area (Å²) in [5, 5.41) is 9.81. The minimum atomic E-state index is -3.04. The number of nitrogens with zero attached hydrogens (tertiary/aromatic N) is 2. The molecule has 3 heterocycles. The molecule has 0 fully saturated rings. The van der Waals surface area contributed by atoms with Crippen molar-refractivity contribution in [3.05, 3.63) is 35.8 Å². The fourth-order valence-corrected chi connectivity index (χ4v) is 5.21. The van der Waals surface area contributed by atoms with E-state index >= 15 is 0 Å². The molecule has 0 spiro atoms. The Morgan fingerprint density at radius 1 is 1.29 bits per heavy atom. The summed E-state index contributed by atoms with van der Waals surface area (Å²) in [5.74, 6) is 0.762. The second-order valence-electron chi connectivity index (χ2n) is 8.91. The predicted molar refractivity (Wildman–Crippen MR) is 131 cm³/mol. The molecule has 184 valence electrons. The lowest BCUT2D eigenvalue weighted by atomic mass is 9.86. The number of aromatic nitrogens is 3. The number of carbonyl (C=O) groups excluding carboxylic acids is 2. The molecule has 4 N–H and O–H groups in total. The summed E-state index contributed by atoms with van der Waals surface area (Å²) in [5.41, 5.74) is 4.10. The number of aryl methyl sites for hydroxylation is 1. The summed E-state index contributed by atoms with van der Waals surface area (Å²) in [6.45, 7) is 0.303. The van der Waals surface area contributed by atoms with Crippen LogP contribution in [0.3, 0.4) is 0 Å². The first-order chi connectivity index (χ1) is 16.8. The molecule has 0 saturated carbocycles. The molecule has 11 nitrogen and oxygen atoms in total. The summed E-state index contributed by atoms with van der Waals surface area (Å²) in [6, 6.07) is 5.39. The van der Waals surface area contributed by atoms with Gasteiger partial charge in [0.1, 0.15) is 33.4 Å². The molecular weight excluding hydrogens is 472 g/mol. The van der Waals surface area contributed by atoms with Crippen molar-refractivity contribution >= 4 is 49.9 Å². The highest BCUT2D eigenvalue weighted by molar-refractivity contribution is 7.90. The van der Waals surface area contributed by atoms with E-state index in [0.717, 1.165) is 22.3 Å². The second-order valence-corrected chi connectivity index (χ2v) is 11.2. The molecule has 2 amide bonds.